The number of carbonyl (C=O) groups excluding carboxylic acids is 1. The number of H-pyrrole nitrogens is 1. The number of benzene rings is 3. The highest BCUT2D eigenvalue weighted by Crippen LogP contribution is 2.20. The van der Waals surface area contributed by atoms with Gasteiger partial charge in [0.1, 0.15) is 5.82 Å². The van der Waals surface area contributed by atoms with E-state index >= 15 is 0 Å². The van der Waals surface area contributed by atoms with E-state index in [9.17, 15) is 17.6 Å². The Hall–Kier alpha value is -3.89. The van der Waals surface area contributed by atoms with Crippen LogP contribution in [0.4, 0.5) is 10.1 Å². The van der Waals surface area contributed by atoms with Crippen LogP contribution in [0.25, 0.3) is 11.4 Å². The third-order valence-corrected chi connectivity index (χ3v) is 7.90. The number of nitrogens with one attached hydrogen (secondary N) is 2. The molecule has 0 saturated carbocycles. The summed E-state index contributed by atoms with van der Waals surface area (Å²) in [6.07, 6.45) is 0.285. The summed E-state index contributed by atoms with van der Waals surface area (Å²) in [6.45, 7) is 1.60. The number of carbonyl (C=O) groups is 1. The first kappa shape index (κ1) is 24.8. The van der Waals surface area contributed by atoms with E-state index in [4.69, 9.17) is 0 Å². The Bertz CT molecular complexity index is 1510. The molecule has 1 aliphatic rings. The van der Waals surface area contributed by atoms with Crippen molar-refractivity contribution in [3.63, 3.8) is 0 Å². The Morgan fingerprint density at radius 2 is 1.76 bits per heavy atom. The van der Waals surface area contributed by atoms with E-state index in [1.165, 1.54) is 6.07 Å². The molecule has 3 aromatic carbocycles. The number of halogens is 1. The van der Waals surface area contributed by atoms with Gasteiger partial charge in [-0.05, 0) is 53.6 Å². The van der Waals surface area contributed by atoms with Crippen molar-refractivity contribution in [3.05, 3.63) is 101 Å². The molecule has 1 amide bonds. The average Bonchev–Trinajstić information content (AvgIpc) is 3.36. The highest BCUT2D eigenvalue weighted by Gasteiger charge is 2.21. The fourth-order valence-corrected chi connectivity index (χ4v) is 5.49. The molecule has 4 aromatic rings. The van der Waals surface area contributed by atoms with Crippen molar-refractivity contribution < 1.29 is 17.6 Å². The summed E-state index contributed by atoms with van der Waals surface area (Å²) in [7, 11) is -2.93. The zero-order chi connectivity index (χ0) is 25.8. The fourth-order valence-electron chi connectivity index (χ4n) is 4.21. The van der Waals surface area contributed by atoms with Gasteiger partial charge in [0.25, 0.3) is 5.91 Å². The molecule has 1 saturated heterocycles. The van der Waals surface area contributed by atoms with E-state index < -0.39 is 9.84 Å². The maximum Gasteiger partial charge on any atom is 0.255 e. The monoisotopic (exact) mass is 519 g/mol. The Balaban J connectivity index is 1.20. The summed E-state index contributed by atoms with van der Waals surface area (Å²) in [5.74, 6) is 0.865. The lowest BCUT2D eigenvalue weighted by Crippen LogP contribution is -2.39. The highest BCUT2D eigenvalue weighted by molar-refractivity contribution is 7.91. The lowest BCUT2D eigenvalue weighted by Gasteiger charge is -2.26. The van der Waals surface area contributed by atoms with Gasteiger partial charge in [0, 0.05) is 42.9 Å². The fraction of sp³-hybridized carbons (Fsp3) is 0.222. The van der Waals surface area contributed by atoms with Gasteiger partial charge in [0.2, 0.25) is 0 Å². The lowest BCUT2D eigenvalue weighted by atomic mass is 10.1. The number of amides is 1. The smallest absolute Gasteiger partial charge is 0.255 e. The summed E-state index contributed by atoms with van der Waals surface area (Å²) in [5, 5.41) is 9.98. The molecule has 37 heavy (non-hydrogen) atoms. The third-order valence-electron chi connectivity index (χ3n) is 6.29. The van der Waals surface area contributed by atoms with Crippen LogP contribution < -0.4 is 5.32 Å². The zero-order valence-electron chi connectivity index (χ0n) is 20.0. The summed E-state index contributed by atoms with van der Waals surface area (Å²) in [4.78, 5) is 19.4. The molecular formula is C27H26FN5O3S. The molecule has 8 nitrogen and oxygen atoms in total. The zero-order valence-corrected chi connectivity index (χ0v) is 20.8. The van der Waals surface area contributed by atoms with Gasteiger partial charge in [-0.25, -0.2) is 17.8 Å². The summed E-state index contributed by atoms with van der Waals surface area (Å²) < 4.78 is 37.2. The van der Waals surface area contributed by atoms with Crippen LogP contribution in [0.3, 0.4) is 0 Å². The molecule has 0 radical (unpaired) electrons. The van der Waals surface area contributed by atoms with Crippen LogP contribution in [0.15, 0.2) is 72.8 Å². The van der Waals surface area contributed by atoms with Gasteiger partial charge in [-0.2, -0.15) is 5.10 Å². The number of anilines is 1. The molecule has 0 bridgehead atoms. The van der Waals surface area contributed by atoms with Crippen LogP contribution in [0.2, 0.25) is 0 Å². The van der Waals surface area contributed by atoms with Crippen LogP contribution in [0.5, 0.6) is 0 Å². The average molecular weight is 520 g/mol. The van der Waals surface area contributed by atoms with Crippen molar-refractivity contribution in [1.82, 2.24) is 20.1 Å². The predicted molar refractivity (Wildman–Crippen MR) is 139 cm³/mol. The quantitative estimate of drug-likeness (QED) is 0.386. The first-order valence-electron chi connectivity index (χ1n) is 11.9. The van der Waals surface area contributed by atoms with Gasteiger partial charge in [-0.15, -0.1) is 0 Å². The molecule has 5 rings (SSSR count). The Morgan fingerprint density at radius 3 is 2.51 bits per heavy atom. The summed E-state index contributed by atoms with van der Waals surface area (Å²) in [5.41, 5.74) is 3.43. The van der Waals surface area contributed by atoms with E-state index in [1.807, 2.05) is 30.3 Å². The summed E-state index contributed by atoms with van der Waals surface area (Å²) in [6, 6.07) is 21.1. The Labute approximate surface area is 214 Å². The maximum absolute atomic E-state index is 13.9. The first-order valence-corrected chi connectivity index (χ1v) is 13.7. The molecule has 0 spiro atoms. The minimum absolute atomic E-state index is 0.171. The van der Waals surface area contributed by atoms with Crippen molar-refractivity contribution in [3.8, 4) is 11.4 Å². The van der Waals surface area contributed by atoms with Crippen LogP contribution in [-0.4, -0.2) is 59.0 Å². The van der Waals surface area contributed by atoms with Gasteiger partial charge in [-0.3, -0.25) is 14.8 Å². The van der Waals surface area contributed by atoms with Crippen LogP contribution in [0.1, 0.15) is 27.3 Å². The molecule has 0 aliphatic carbocycles. The predicted octanol–water partition coefficient (Wildman–Crippen LogP) is 3.68. The second-order valence-electron chi connectivity index (χ2n) is 9.03. The number of hydrogen-bond donors (Lipinski definition) is 2. The topological polar surface area (TPSA) is 108 Å². The number of hydrogen-bond acceptors (Lipinski definition) is 6. The van der Waals surface area contributed by atoms with Gasteiger partial charge >= 0.3 is 0 Å². The number of aromatic nitrogens is 3. The molecule has 1 fully saturated rings. The van der Waals surface area contributed by atoms with Crippen LogP contribution >= 0.6 is 0 Å². The molecule has 2 N–H and O–H groups in total. The number of nitrogens with zero attached hydrogens (tertiary/aromatic N) is 3. The second-order valence-corrected chi connectivity index (χ2v) is 11.3. The first-order chi connectivity index (χ1) is 17.8. The molecule has 2 heterocycles. The number of aromatic amines is 1. The maximum atomic E-state index is 13.9. The normalized spacial score (nSPS) is 15.4. The van der Waals surface area contributed by atoms with Gasteiger partial charge < -0.3 is 5.32 Å². The lowest BCUT2D eigenvalue weighted by molar-refractivity contribution is 0.102. The molecule has 1 aromatic heterocycles. The van der Waals surface area contributed by atoms with Gasteiger partial charge in [0.05, 0.1) is 11.5 Å². The van der Waals surface area contributed by atoms with Crippen molar-refractivity contribution >= 4 is 21.4 Å². The van der Waals surface area contributed by atoms with Crippen LogP contribution in [0, 0.1) is 5.82 Å². The van der Waals surface area contributed by atoms with Crippen molar-refractivity contribution in [2.45, 2.75) is 13.0 Å². The van der Waals surface area contributed by atoms with Gasteiger partial charge in [-0.1, -0.05) is 30.3 Å². The Morgan fingerprint density at radius 1 is 1.00 bits per heavy atom. The van der Waals surface area contributed by atoms with E-state index in [1.54, 1.807) is 36.4 Å². The van der Waals surface area contributed by atoms with E-state index in [0.717, 1.165) is 11.1 Å². The molecule has 190 valence electrons. The molecule has 10 heteroatoms. The van der Waals surface area contributed by atoms with E-state index in [2.05, 4.69) is 25.4 Å². The number of sulfone groups is 1. The molecule has 0 unspecified atom stereocenters. The van der Waals surface area contributed by atoms with E-state index in [0.29, 0.717) is 48.1 Å². The summed E-state index contributed by atoms with van der Waals surface area (Å²) >= 11 is 0. The SMILES string of the molecule is O=C(Nc1ccc(-c2nc(Cc3ccccc3F)n[nH]2)cc1)c1cccc(CN2CCS(=O)(=O)CC2)c1. The largest absolute Gasteiger partial charge is 0.322 e. The Kier molecular flexibility index (Phi) is 7.11. The molecule has 0 atom stereocenters. The third kappa shape index (κ3) is 6.28. The second kappa shape index (κ2) is 10.6. The minimum atomic E-state index is -2.93. The van der Waals surface area contributed by atoms with Crippen LogP contribution in [-0.2, 0) is 22.8 Å². The standard InChI is InChI=1S/C27H26FN5O3S/c28-24-7-2-1-5-21(24)17-25-30-26(32-31-25)20-8-10-23(11-9-20)29-27(34)22-6-3-4-19(16-22)18-33-12-14-37(35,36)15-13-33/h1-11,16H,12-15,17-18H2,(H,29,34)(H,30,31,32). The minimum Gasteiger partial charge on any atom is -0.322 e. The highest BCUT2D eigenvalue weighted by atomic mass is 32.2. The van der Waals surface area contributed by atoms with Crippen molar-refractivity contribution in [1.29, 1.82) is 0 Å². The van der Waals surface area contributed by atoms with E-state index in [-0.39, 0.29) is 29.7 Å². The molecule has 1 aliphatic heterocycles. The number of rotatable bonds is 7. The van der Waals surface area contributed by atoms with Crippen molar-refractivity contribution in [2.24, 2.45) is 0 Å². The molecular weight excluding hydrogens is 493 g/mol. The van der Waals surface area contributed by atoms with Crippen molar-refractivity contribution in [2.75, 3.05) is 29.9 Å². The van der Waals surface area contributed by atoms with Gasteiger partial charge in [0.15, 0.2) is 21.5 Å².